The topological polar surface area (TPSA) is 48.5 Å². The van der Waals surface area contributed by atoms with E-state index in [4.69, 9.17) is 15.0 Å². The van der Waals surface area contributed by atoms with Crippen molar-refractivity contribution < 1.29 is 0 Å². The highest BCUT2D eigenvalue weighted by atomic mass is 15.2. The van der Waals surface area contributed by atoms with Crippen molar-refractivity contribution in [2.45, 2.75) is 0 Å². The van der Waals surface area contributed by atoms with E-state index >= 15 is 0 Å². The van der Waals surface area contributed by atoms with Crippen LogP contribution in [0, 0.1) is 0 Å². The lowest BCUT2D eigenvalue weighted by Crippen LogP contribution is -2.06. The fourth-order valence-electron chi connectivity index (χ4n) is 9.78. The molecule has 0 unspecified atom stereocenters. The van der Waals surface area contributed by atoms with Crippen molar-refractivity contribution in [1.82, 2.24) is 24.1 Å². The van der Waals surface area contributed by atoms with Crippen LogP contribution in [0.25, 0.3) is 121 Å². The summed E-state index contributed by atoms with van der Waals surface area (Å²) in [4.78, 5) is 15.5. The molecule has 10 aromatic carbocycles. The number of fused-ring (bicyclic) bond motifs is 13. The molecule has 62 heavy (non-hydrogen) atoms. The average Bonchev–Trinajstić information content (AvgIpc) is 3.87. The minimum absolute atomic E-state index is 0.574. The highest BCUT2D eigenvalue weighted by Crippen LogP contribution is 2.44. The van der Waals surface area contributed by atoms with Crippen LogP contribution in [0.3, 0.4) is 0 Å². The molecule has 0 saturated heterocycles. The first-order valence-corrected chi connectivity index (χ1v) is 21.0. The van der Waals surface area contributed by atoms with E-state index in [1.54, 1.807) is 0 Å². The van der Waals surface area contributed by atoms with E-state index < -0.39 is 0 Å². The van der Waals surface area contributed by atoms with Crippen LogP contribution >= 0.6 is 0 Å². The maximum Gasteiger partial charge on any atom is 0.238 e. The molecular weight excluding hydrogens is 755 g/mol. The Labute approximate surface area is 356 Å². The molecule has 0 saturated carbocycles. The molecule has 0 bridgehead atoms. The molecule has 3 heterocycles. The van der Waals surface area contributed by atoms with Gasteiger partial charge in [0.05, 0.1) is 22.1 Å². The Kier molecular flexibility index (Phi) is 7.54. The quantitative estimate of drug-likeness (QED) is 0.163. The number of hydrogen-bond acceptors (Lipinski definition) is 3. The van der Waals surface area contributed by atoms with Crippen LogP contribution in [0.1, 0.15) is 0 Å². The molecular formula is C57H35N5. The van der Waals surface area contributed by atoms with E-state index in [1.807, 2.05) is 36.4 Å². The van der Waals surface area contributed by atoms with Gasteiger partial charge in [0.2, 0.25) is 5.95 Å². The van der Waals surface area contributed by atoms with Gasteiger partial charge in [0.25, 0.3) is 0 Å². The molecule has 0 atom stereocenters. The first-order valence-electron chi connectivity index (χ1n) is 21.0. The van der Waals surface area contributed by atoms with Gasteiger partial charge in [-0.2, -0.15) is 9.97 Å². The zero-order chi connectivity index (χ0) is 40.7. The van der Waals surface area contributed by atoms with Gasteiger partial charge in [0, 0.05) is 38.4 Å². The monoisotopic (exact) mass is 789 g/mol. The Bertz CT molecular complexity index is 3830. The Morgan fingerprint density at radius 3 is 1.40 bits per heavy atom. The van der Waals surface area contributed by atoms with Crippen molar-refractivity contribution in [2.75, 3.05) is 0 Å². The number of nitrogens with zero attached hydrogens (tertiary/aromatic N) is 5. The summed E-state index contributed by atoms with van der Waals surface area (Å²) in [5.41, 5.74) is 9.78. The molecule has 0 fully saturated rings. The van der Waals surface area contributed by atoms with Crippen LogP contribution in [-0.2, 0) is 0 Å². The van der Waals surface area contributed by atoms with Gasteiger partial charge in [-0.05, 0) is 79.8 Å². The first-order chi connectivity index (χ1) is 30.8. The number of aromatic nitrogens is 5. The molecule has 13 rings (SSSR count). The average molecular weight is 790 g/mol. The SMILES string of the molecule is c1ccc(-c2ccc3c4ccc(-n5c6ccccc6c6ccc7c(c8ccccc8n7-c7nc(-c8ccccc8)nc(-c8ccccc8)n7)c65)cc4c4ccccc4c3c2)cc1. The highest BCUT2D eigenvalue weighted by molar-refractivity contribution is 6.28. The third kappa shape index (κ3) is 5.18. The van der Waals surface area contributed by atoms with Crippen molar-refractivity contribution >= 4 is 75.9 Å². The van der Waals surface area contributed by atoms with Crippen LogP contribution in [-0.4, -0.2) is 24.1 Å². The summed E-state index contributed by atoms with van der Waals surface area (Å²) in [6.45, 7) is 0. The fraction of sp³-hybridized carbons (Fsp3) is 0. The van der Waals surface area contributed by atoms with Crippen LogP contribution in [0.5, 0.6) is 0 Å². The maximum absolute atomic E-state index is 5.22. The number of hydrogen-bond donors (Lipinski definition) is 0. The zero-order valence-electron chi connectivity index (χ0n) is 33.4. The summed E-state index contributed by atoms with van der Waals surface area (Å²) < 4.78 is 4.69. The van der Waals surface area contributed by atoms with Crippen molar-refractivity contribution in [3.63, 3.8) is 0 Å². The fourth-order valence-corrected chi connectivity index (χ4v) is 9.78. The molecule has 0 radical (unpaired) electrons. The summed E-state index contributed by atoms with van der Waals surface area (Å²) in [5.74, 6) is 1.83. The molecule has 3 aromatic heterocycles. The summed E-state index contributed by atoms with van der Waals surface area (Å²) in [6.07, 6.45) is 0. The Balaban J connectivity index is 1.10. The summed E-state index contributed by atoms with van der Waals surface area (Å²) >= 11 is 0. The summed E-state index contributed by atoms with van der Waals surface area (Å²) in [5, 5.41) is 12.1. The molecule has 288 valence electrons. The van der Waals surface area contributed by atoms with Crippen molar-refractivity contribution in [2.24, 2.45) is 0 Å². The molecule has 0 N–H and O–H groups in total. The minimum Gasteiger partial charge on any atom is -0.309 e. The van der Waals surface area contributed by atoms with Gasteiger partial charge in [0.15, 0.2) is 11.6 Å². The van der Waals surface area contributed by atoms with Gasteiger partial charge in [-0.15, -0.1) is 0 Å². The van der Waals surface area contributed by atoms with Crippen molar-refractivity contribution in [3.8, 4) is 45.5 Å². The molecule has 0 aliphatic rings. The molecule has 0 spiro atoms. The number of para-hydroxylation sites is 2. The largest absolute Gasteiger partial charge is 0.309 e. The molecule has 5 heteroatoms. The predicted octanol–water partition coefficient (Wildman–Crippen LogP) is 14.5. The molecule has 0 amide bonds. The lowest BCUT2D eigenvalue weighted by Gasteiger charge is -2.15. The third-order valence-electron chi connectivity index (χ3n) is 12.5. The van der Waals surface area contributed by atoms with Gasteiger partial charge >= 0.3 is 0 Å². The van der Waals surface area contributed by atoms with Gasteiger partial charge < -0.3 is 4.57 Å². The molecule has 0 aliphatic heterocycles. The van der Waals surface area contributed by atoms with Gasteiger partial charge in [-0.3, -0.25) is 4.57 Å². The van der Waals surface area contributed by atoms with Crippen molar-refractivity contribution in [3.05, 3.63) is 212 Å². The standard InChI is InChI=1S/C57H35N5/c1-4-16-36(17-5-1)39-28-30-43-44-31-29-40(35-49(44)42-23-11-10-22-41(42)48(43)34-39)61-50-26-14-12-24-45(50)46-32-33-52-53(54(46)61)47-25-13-15-27-51(47)62(52)57-59-55(37-18-6-2-7-19-37)58-56(60-57)38-20-8-3-9-21-38/h1-35H. The van der Waals surface area contributed by atoms with E-state index in [2.05, 4.69) is 185 Å². The van der Waals surface area contributed by atoms with E-state index in [0.717, 1.165) is 49.7 Å². The molecule has 5 nitrogen and oxygen atoms in total. The van der Waals surface area contributed by atoms with Crippen LogP contribution in [0.2, 0.25) is 0 Å². The lowest BCUT2D eigenvalue weighted by atomic mass is 9.92. The Morgan fingerprint density at radius 1 is 0.274 bits per heavy atom. The summed E-state index contributed by atoms with van der Waals surface area (Å²) in [7, 11) is 0. The maximum atomic E-state index is 5.22. The number of rotatable bonds is 5. The van der Waals surface area contributed by atoms with Crippen LogP contribution in [0.4, 0.5) is 0 Å². The zero-order valence-corrected chi connectivity index (χ0v) is 33.4. The second-order valence-corrected chi connectivity index (χ2v) is 16.0. The predicted molar refractivity (Wildman–Crippen MR) is 257 cm³/mol. The molecule has 13 aromatic rings. The molecule has 0 aliphatic carbocycles. The van der Waals surface area contributed by atoms with Crippen LogP contribution in [0.15, 0.2) is 212 Å². The van der Waals surface area contributed by atoms with E-state index in [-0.39, 0.29) is 0 Å². The van der Waals surface area contributed by atoms with Gasteiger partial charge in [-0.1, -0.05) is 176 Å². The Morgan fingerprint density at radius 2 is 0.758 bits per heavy atom. The van der Waals surface area contributed by atoms with E-state index in [0.29, 0.717) is 17.6 Å². The second kappa shape index (κ2) is 13.6. The first kappa shape index (κ1) is 34.5. The van der Waals surface area contributed by atoms with E-state index in [9.17, 15) is 0 Å². The van der Waals surface area contributed by atoms with Gasteiger partial charge in [-0.25, -0.2) is 4.98 Å². The smallest absolute Gasteiger partial charge is 0.238 e. The van der Waals surface area contributed by atoms with E-state index in [1.165, 1.54) is 54.2 Å². The number of benzene rings is 10. The second-order valence-electron chi connectivity index (χ2n) is 16.0. The third-order valence-corrected chi connectivity index (χ3v) is 12.5. The van der Waals surface area contributed by atoms with Crippen LogP contribution < -0.4 is 0 Å². The lowest BCUT2D eigenvalue weighted by molar-refractivity contribution is 0.953. The minimum atomic E-state index is 0.574. The normalized spacial score (nSPS) is 11.9. The highest BCUT2D eigenvalue weighted by Gasteiger charge is 2.23. The summed E-state index contributed by atoms with van der Waals surface area (Å²) in [6, 6.07) is 75.8. The van der Waals surface area contributed by atoms with Gasteiger partial charge in [0.1, 0.15) is 0 Å². The van der Waals surface area contributed by atoms with Crippen molar-refractivity contribution in [1.29, 1.82) is 0 Å². The Hall–Kier alpha value is -8.41.